The van der Waals surface area contributed by atoms with Crippen molar-refractivity contribution in [2.75, 3.05) is 30.3 Å². The zero-order chi connectivity index (χ0) is 24.1. The highest BCUT2D eigenvalue weighted by Gasteiger charge is 2.44. The lowest BCUT2D eigenvalue weighted by molar-refractivity contribution is -0.0472. The average molecular weight is 541 g/mol. The van der Waals surface area contributed by atoms with Crippen LogP contribution >= 0.6 is 15.9 Å². The minimum Gasteiger partial charge on any atom is -0.491 e. The van der Waals surface area contributed by atoms with Gasteiger partial charge in [0.25, 0.3) is 0 Å². The number of aliphatic hydroxyl groups is 2. The third kappa shape index (κ3) is 3.98. The first-order valence-corrected chi connectivity index (χ1v) is 12.4. The Balaban J connectivity index is 1.19. The molecule has 5 heterocycles. The van der Waals surface area contributed by atoms with Crippen LogP contribution in [0, 0.1) is 0 Å². The molecule has 3 aromatic heterocycles. The van der Waals surface area contributed by atoms with Gasteiger partial charge in [-0.25, -0.2) is 15.0 Å². The van der Waals surface area contributed by atoms with Gasteiger partial charge >= 0.3 is 0 Å². The smallest absolute Gasteiger partial charge is 0.164 e. The molecule has 35 heavy (non-hydrogen) atoms. The van der Waals surface area contributed by atoms with E-state index in [4.69, 9.17) is 20.2 Å². The van der Waals surface area contributed by atoms with Crippen LogP contribution in [0.15, 0.2) is 47.3 Å². The second-order valence-electron chi connectivity index (χ2n) is 8.92. The molecular weight excluding hydrogens is 516 g/mol. The monoisotopic (exact) mass is 540 g/mol. The van der Waals surface area contributed by atoms with Gasteiger partial charge in [0.15, 0.2) is 6.23 Å². The van der Waals surface area contributed by atoms with Gasteiger partial charge in [-0.15, -0.1) is 0 Å². The molecule has 4 aromatic rings. The summed E-state index contributed by atoms with van der Waals surface area (Å²) < 4.78 is 14.3. The molecule has 0 spiro atoms. The fraction of sp³-hybridized carbons (Fsp3) is 0.375. The zero-order valence-corrected chi connectivity index (χ0v) is 20.4. The predicted molar refractivity (Wildman–Crippen MR) is 134 cm³/mol. The minimum absolute atomic E-state index is 0.0591. The van der Waals surface area contributed by atoms with Crippen LogP contribution in [0.1, 0.15) is 19.1 Å². The van der Waals surface area contributed by atoms with Gasteiger partial charge < -0.3 is 34.9 Å². The minimum atomic E-state index is -1.18. The number of hydrogen-bond donors (Lipinski definition) is 3. The van der Waals surface area contributed by atoms with Gasteiger partial charge in [0.05, 0.1) is 10.9 Å². The van der Waals surface area contributed by atoms with E-state index in [1.807, 2.05) is 18.2 Å². The second-order valence-corrected chi connectivity index (χ2v) is 9.77. The Kier molecular flexibility index (Phi) is 5.72. The summed E-state index contributed by atoms with van der Waals surface area (Å²) in [5.74, 6) is 1.90. The average Bonchev–Trinajstić information content (AvgIpc) is 3.58. The van der Waals surface area contributed by atoms with Gasteiger partial charge in [0.2, 0.25) is 0 Å². The van der Waals surface area contributed by atoms with Crippen LogP contribution in [0.2, 0.25) is 0 Å². The summed E-state index contributed by atoms with van der Waals surface area (Å²) in [6.45, 7) is 2.12. The number of ether oxygens (including phenoxy) is 2. The normalized spacial score (nSPS) is 24.6. The van der Waals surface area contributed by atoms with Crippen molar-refractivity contribution < 1.29 is 19.7 Å². The molecular formula is C24H25BrN6O4. The van der Waals surface area contributed by atoms with Gasteiger partial charge in [0, 0.05) is 35.2 Å². The van der Waals surface area contributed by atoms with Gasteiger partial charge in [-0.05, 0) is 53.0 Å². The van der Waals surface area contributed by atoms with Crippen molar-refractivity contribution in [1.29, 1.82) is 0 Å². The summed E-state index contributed by atoms with van der Waals surface area (Å²) in [6.07, 6.45) is 1.52. The molecule has 2 saturated heterocycles. The lowest BCUT2D eigenvalue weighted by Gasteiger charge is -2.18. The number of aliphatic hydroxyl groups excluding tert-OH is 2. The standard InChI is InChI=1S/C24H25BrN6O4/c25-15-10-31(23-19(15)22(26)27-12-28-23)24-21(33)20(32)17(35-24)11-34-14-5-3-13-4-6-18(29-16(13)9-14)30-7-1-2-8-30/h3-6,9-10,12,17,20-21,24,32-33H,1-2,7-8,11H2,(H2,26,27,28)/t17-,20-,21-,24-/m1/s1. The lowest BCUT2D eigenvalue weighted by Crippen LogP contribution is -2.34. The first kappa shape index (κ1) is 22.5. The van der Waals surface area contributed by atoms with E-state index in [2.05, 4.69) is 42.9 Å². The maximum absolute atomic E-state index is 10.7. The van der Waals surface area contributed by atoms with E-state index in [0.717, 1.165) is 29.8 Å². The Hall–Kier alpha value is -2.99. The predicted octanol–water partition coefficient (Wildman–Crippen LogP) is 2.62. The molecule has 2 aliphatic heterocycles. The van der Waals surface area contributed by atoms with E-state index in [9.17, 15) is 10.2 Å². The quantitative estimate of drug-likeness (QED) is 0.349. The molecule has 0 bridgehead atoms. The molecule has 6 rings (SSSR count). The first-order valence-electron chi connectivity index (χ1n) is 11.6. The van der Waals surface area contributed by atoms with Crippen LogP contribution in [0.3, 0.4) is 0 Å². The Labute approximate surface area is 209 Å². The summed E-state index contributed by atoms with van der Waals surface area (Å²) in [5.41, 5.74) is 7.32. The van der Waals surface area contributed by atoms with Crippen molar-refractivity contribution >= 4 is 49.5 Å². The number of hydrogen-bond acceptors (Lipinski definition) is 9. The van der Waals surface area contributed by atoms with Crippen LogP contribution in [0.25, 0.3) is 21.9 Å². The largest absolute Gasteiger partial charge is 0.491 e. The SMILES string of the molecule is Nc1ncnc2c1c(Br)cn2[C@@H]1O[C@H](COc2ccc3ccc(N4CCCC4)nc3c2)[C@@H](O)[C@H]1O. The molecule has 2 fully saturated rings. The van der Waals surface area contributed by atoms with Gasteiger partial charge in [-0.3, -0.25) is 0 Å². The number of aromatic nitrogens is 4. The second kappa shape index (κ2) is 8.90. The maximum atomic E-state index is 10.7. The van der Waals surface area contributed by atoms with Crippen molar-refractivity contribution in [2.24, 2.45) is 0 Å². The lowest BCUT2D eigenvalue weighted by atomic mass is 10.1. The summed E-state index contributed by atoms with van der Waals surface area (Å²) >= 11 is 3.46. The maximum Gasteiger partial charge on any atom is 0.164 e. The molecule has 4 atom stereocenters. The summed E-state index contributed by atoms with van der Waals surface area (Å²) in [4.78, 5) is 15.4. The number of pyridine rings is 1. The van der Waals surface area contributed by atoms with E-state index in [0.29, 0.717) is 27.1 Å². The van der Waals surface area contributed by atoms with Crippen molar-refractivity contribution in [3.63, 3.8) is 0 Å². The van der Waals surface area contributed by atoms with E-state index in [1.54, 1.807) is 10.8 Å². The Morgan fingerprint density at radius 3 is 2.74 bits per heavy atom. The molecule has 1 aromatic carbocycles. The fourth-order valence-electron chi connectivity index (χ4n) is 4.83. The van der Waals surface area contributed by atoms with Gasteiger partial charge in [-0.2, -0.15) is 0 Å². The summed E-state index contributed by atoms with van der Waals surface area (Å²) in [6, 6.07) is 9.84. The Bertz CT molecular complexity index is 1390. The van der Waals surface area contributed by atoms with Crippen molar-refractivity contribution in [1.82, 2.24) is 19.5 Å². The molecule has 182 valence electrons. The number of fused-ring (bicyclic) bond motifs is 2. The van der Waals surface area contributed by atoms with E-state index in [-0.39, 0.29) is 6.61 Å². The Morgan fingerprint density at radius 2 is 1.91 bits per heavy atom. The molecule has 0 unspecified atom stereocenters. The van der Waals surface area contributed by atoms with Crippen molar-refractivity contribution in [2.45, 2.75) is 37.4 Å². The van der Waals surface area contributed by atoms with Crippen LogP contribution < -0.4 is 15.4 Å². The third-order valence-electron chi connectivity index (χ3n) is 6.70. The number of benzene rings is 1. The molecule has 0 radical (unpaired) electrons. The number of nitrogens with zero attached hydrogens (tertiary/aromatic N) is 5. The molecule has 11 heteroatoms. The fourth-order valence-corrected chi connectivity index (χ4v) is 5.43. The topological polar surface area (TPSA) is 132 Å². The van der Waals surface area contributed by atoms with Crippen LogP contribution in [0.5, 0.6) is 5.75 Å². The number of nitrogen functional groups attached to an aromatic ring is 1. The number of anilines is 2. The molecule has 10 nitrogen and oxygen atoms in total. The highest BCUT2D eigenvalue weighted by atomic mass is 79.9. The van der Waals surface area contributed by atoms with Gasteiger partial charge in [0.1, 0.15) is 54.3 Å². The number of nitrogens with two attached hydrogens (primary N) is 1. The summed E-state index contributed by atoms with van der Waals surface area (Å²) in [5, 5.41) is 23.1. The third-order valence-corrected chi connectivity index (χ3v) is 7.30. The zero-order valence-electron chi connectivity index (χ0n) is 18.8. The van der Waals surface area contributed by atoms with E-state index < -0.39 is 24.5 Å². The molecule has 4 N–H and O–H groups in total. The molecule has 0 amide bonds. The van der Waals surface area contributed by atoms with Crippen LogP contribution in [0.4, 0.5) is 11.6 Å². The molecule has 0 aliphatic carbocycles. The van der Waals surface area contributed by atoms with Gasteiger partial charge in [-0.1, -0.05) is 0 Å². The molecule has 0 saturated carbocycles. The highest BCUT2D eigenvalue weighted by molar-refractivity contribution is 9.10. The number of rotatable bonds is 5. The van der Waals surface area contributed by atoms with E-state index >= 15 is 0 Å². The van der Waals surface area contributed by atoms with Crippen LogP contribution in [-0.2, 0) is 4.74 Å². The summed E-state index contributed by atoms with van der Waals surface area (Å²) in [7, 11) is 0. The molecule has 2 aliphatic rings. The van der Waals surface area contributed by atoms with E-state index in [1.165, 1.54) is 19.2 Å². The van der Waals surface area contributed by atoms with Crippen molar-refractivity contribution in [3.8, 4) is 5.75 Å². The Morgan fingerprint density at radius 1 is 1.11 bits per heavy atom. The first-order chi connectivity index (χ1) is 17.0. The van der Waals surface area contributed by atoms with Crippen molar-refractivity contribution in [3.05, 3.63) is 47.3 Å². The number of halogens is 1. The van der Waals surface area contributed by atoms with Crippen LogP contribution in [-0.4, -0.2) is 67.7 Å². The highest BCUT2D eigenvalue weighted by Crippen LogP contribution is 2.36.